The smallest absolute Gasteiger partial charge is 0.266 e. The number of carbonyl (C=O) groups excluding carboxylic acids is 1. The first-order valence-corrected chi connectivity index (χ1v) is 8.83. The molecular formula is C19H25N5O. The number of nitrogens with zero attached hydrogens (tertiary/aromatic N) is 4. The molecule has 2 aliphatic rings. The minimum absolute atomic E-state index is 0.144. The van der Waals surface area contributed by atoms with Crippen molar-refractivity contribution in [2.75, 3.05) is 30.0 Å². The van der Waals surface area contributed by atoms with Crippen LogP contribution in [0.1, 0.15) is 40.0 Å². The molecule has 0 spiro atoms. The molecule has 1 aromatic heterocycles. The Morgan fingerprint density at radius 2 is 2.00 bits per heavy atom. The number of piperidine rings is 1. The summed E-state index contributed by atoms with van der Waals surface area (Å²) in [5.74, 6) is -0.144. The summed E-state index contributed by atoms with van der Waals surface area (Å²) in [7, 11) is 0. The van der Waals surface area contributed by atoms with E-state index in [0.29, 0.717) is 6.67 Å². The Morgan fingerprint density at radius 3 is 2.64 bits per heavy atom. The molecule has 25 heavy (non-hydrogen) atoms. The summed E-state index contributed by atoms with van der Waals surface area (Å²) in [4.78, 5) is 21.1. The number of pyridine rings is 1. The van der Waals surface area contributed by atoms with E-state index in [2.05, 4.69) is 16.4 Å². The molecule has 2 aliphatic heterocycles. The van der Waals surface area contributed by atoms with Crippen LogP contribution in [0.2, 0.25) is 0 Å². The Balaban J connectivity index is 2.06. The minimum atomic E-state index is -0.344. The lowest BCUT2D eigenvalue weighted by Crippen LogP contribution is -2.40. The maximum absolute atomic E-state index is 13.1. The number of hydrogen-bond donors (Lipinski definition) is 1. The van der Waals surface area contributed by atoms with Crippen LogP contribution in [0.4, 0.5) is 11.4 Å². The molecule has 0 unspecified atom stereocenters. The van der Waals surface area contributed by atoms with Crippen molar-refractivity contribution in [1.29, 1.82) is 5.26 Å². The second-order valence-electron chi connectivity index (χ2n) is 7.59. The fourth-order valence-electron chi connectivity index (χ4n) is 3.58. The van der Waals surface area contributed by atoms with Gasteiger partial charge in [0, 0.05) is 30.4 Å². The zero-order chi connectivity index (χ0) is 18.0. The van der Waals surface area contributed by atoms with Crippen molar-refractivity contribution in [2.24, 2.45) is 5.41 Å². The highest BCUT2D eigenvalue weighted by Gasteiger charge is 2.35. The maximum Gasteiger partial charge on any atom is 0.266 e. The topological polar surface area (TPSA) is 72.3 Å². The van der Waals surface area contributed by atoms with E-state index in [1.807, 2.05) is 36.6 Å². The average molecular weight is 339 g/mol. The molecule has 1 N–H and O–H groups in total. The van der Waals surface area contributed by atoms with Crippen molar-refractivity contribution < 1.29 is 4.79 Å². The molecule has 0 bridgehead atoms. The predicted octanol–water partition coefficient (Wildman–Crippen LogP) is 3.11. The van der Waals surface area contributed by atoms with Gasteiger partial charge in [0.1, 0.15) is 11.6 Å². The van der Waals surface area contributed by atoms with E-state index < -0.39 is 0 Å². The van der Waals surface area contributed by atoms with Crippen LogP contribution in [0.25, 0.3) is 0 Å². The molecule has 3 rings (SSSR count). The van der Waals surface area contributed by atoms with Gasteiger partial charge in [0.25, 0.3) is 5.91 Å². The third-order valence-corrected chi connectivity index (χ3v) is 4.70. The van der Waals surface area contributed by atoms with E-state index in [9.17, 15) is 10.1 Å². The lowest BCUT2D eigenvalue weighted by Gasteiger charge is -2.34. The summed E-state index contributed by atoms with van der Waals surface area (Å²) in [6, 6.07) is 4.13. The quantitative estimate of drug-likeness (QED) is 0.662. The standard InChI is InChI=1S/C19H25N5O/c1-19(2,3)17(24-13-22-15-12-21-8-7-16(15)24)14(11-20)18(25)23-9-5-4-6-10-23/h7-8,12,22H,4-6,9-10,13H2,1-3H3. The number of hydrogen-bond acceptors (Lipinski definition) is 5. The lowest BCUT2D eigenvalue weighted by molar-refractivity contribution is -0.127. The second-order valence-corrected chi connectivity index (χ2v) is 7.59. The van der Waals surface area contributed by atoms with Crippen molar-refractivity contribution in [1.82, 2.24) is 9.88 Å². The summed E-state index contributed by atoms with van der Waals surface area (Å²) in [5, 5.41) is 13.1. The number of nitrogens with one attached hydrogen (secondary N) is 1. The third kappa shape index (κ3) is 3.32. The van der Waals surface area contributed by atoms with Crippen LogP contribution in [-0.4, -0.2) is 35.5 Å². The highest BCUT2D eigenvalue weighted by Crippen LogP contribution is 2.40. The number of likely N-dealkylation sites (tertiary alicyclic amines) is 1. The molecule has 1 amide bonds. The fraction of sp³-hybridized carbons (Fsp3) is 0.526. The Labute approximate surface area is 149 Å². The molecule has 6 nitrogen and oxygen atoms in total. The van der Waals surface area contributed by atoms with Crippen LogP contribution in [0, 0.1) is 16.7 Å². The first-order valence-electron chi connectivity index (χ1n) is 8.83. The number of anilines is 2. The zero-order valence-electron chi connectivity index (χ0n) is 15.2. The van der Waals surface area contributed by atoms with Gasteiger partial charge in [0.15, 0.2) is 0 Å². The van der Waals surface area contributed by atoms with E-state index >= 15 is 0 Å². The molecule has 0 radical (unpaired) electrons. The Morgan fingerprint density at radius 1 is 1.28 bits per heavy atom. The van der Waals surface area contributed by atoms with Gasteiger partial charge in [-0.2, -0.15) is 5.26 Å². The highest BCUT2D eigenvalue weighted by atomic mass is 16.2. The van der Waals surface area contributed by atoms with Gasteiger partial charge in [-0.05, 0) is 25.3 Å². The second kappa shape index (κ2) is 6.75. The van der Waals surface area contributed by atoms with Crippen molar-refractivity contribution in [2.45, 2.75) is 40.0 Å². The van der Waals surface area contributed by atoms with Crippen molar-refractivity contribution >= 4 is 17.3 Å². The molecule has 1 aromatic rings. The number of amides is 1. The van der Waals surface area contributed by atoms with Crippen molar-refractivity contribution in [3.05, 3.63) is 29.7 Å². The van der Waals surface area contributed by atoms with Crippen LogP contribution < -0.4 is 10.2 Å². The highest BCUT2D eigenvalue weighted by molar-refractivity contribution is 5.99. The molecule has 6 heteroatoms. The Hall–Kier alpha value is -2.55. The molecule has 132 valence electrons. The first-order chi connectivity index (χ1) is 11.9. The zero-order valence-corrected chi connectivity index (χ0v) is 15.2. The average Bonchev–Trinajstić information content (AvgIpc) is 3.02. The van der Waals surface area contributed by atoms with Gasteiger partial charge in [-0.25, -0.2) is 0 Å². The normalized spacial score (nSPS) is 18.2. The lowest BCUT2D eigenvalue weighted by atomic mass is 9.87. The van der Waals surface area contributed by atoms with E-state index in [-0.39, 0.29) is 16.9 Å². The maximum atomic E-state index is 13.1. The van der Waals surface area contributed by atoms with Crippen LogP contribution in [-0.2, 0) is 4.79 Å². The van der Waals surface area contributed by atoms with Gasteiger partial charge >= 0.3 is 0 Å². The van der Waals surface area contributed by atoms with Gasteiger partial charge < -0.3 is 15.1 Å². The summed E-state index contributed by atoms with van der Waals surface area (Å²) in [5.41, 5.74) is 2.55. The number of nitriles is 1. The van der Waals surface area contributed by atoms with E-state index in [1.54, 1.807) is 12.4 Å². The predicted molar refractivity (Wildman–Crippen MR) is 97.7 cm³/mol. The van der Waals surface area contributed by atoms with Gasteiger partial charge in [0.2, 0.25) is 0 Å². The van der Waals surface area contributed by atoms with Crippen LogP contribution in [0.3, 0.4) is 0 Å². The van der Waals surface area contributed by atoms with Crippen LogP contribution in [0.15, 0.2) is 29.7 Å². The molecular weight excluding hydrogens is 314 g/mol. The molecule has 1 fully saturated rings. The van der Waals surface area contributed by atoms with Gasteiger partial charge in [-0.3, -0.25) is 9.78 Å². The summed E-state index contributed by atoms with van der Waals surface area (Å²) < 4.78 is 0. The molecule has 1 saturated heterocycles. The number of rotatable bonds is 2. The van der Waals surface area contributed by atoms with Crippen LogP contribution >= 0.6 is 0 Å². The molecule has 0 aliphatic carbocycles. The number of fused-ring (bicyclic) bond motifs is 1. The van der Waals surface area contributed by atoms with E-state index in [1.165, 1.54) is 0 Å². The van der Waals surface area contributed by atoms with Crippen molar-refractivity contribution in [3.8, 4) is 6.07 Å². The Bertz CT molecular complexity index is 735. The van der Waals surface area contributed by atoms with Crippen molar-refractivity contribution in [3.63, 3.8) is 0 Å². The van der Waals surface area contributed by atoms with E-state index in [4.69, 9.17) is 0 Å². The fourth-order valence-corrected chi connectivity index (χ4v) is 3.58. The van der Waals surface area contributed by atoms with E-state index in [0.717, 1.165) is 49.4 Å². The third-order valence-electron chi connectivity index (χ3n) is 4.70. The summed E-state index contributed by atoms with van der Waals surface area (Å²) in [6.45, 7) is 8.14. The minimum Gasteiger partial charge on any atom is -0.364 e. The molecule has 3 heterocycles. The van der Waals surface area contributed by atoms with Gasteiger partial charge in [-0.15, -0.1) is 0 Å². The van der Waals surface area contributed by atoms with Gasteiger partial charge in [0.05, 0.1) is 24.2 Å². The van der Waals surface area contributed by atoms with Crippen LogP contribution in [0.5, 0.6) is 0 Å². The Kier molecular flexibility index (Phi) is 4.67. The number of aromatic nitrogens is 1. The number of allylic oxidation sites excluding steroid dienone is 1. The summed E-state index contributed by atoms with van der Waals surface area (Å²) in [6.07, 6.45) is 6.67. The monoisotopic (exact) mass is 339 g/mol. The van der Waals surface area contributed by atoms with Gasteiger partial charge in [-0.1, -0.05) is 20.8 Å². The molecule has 0 saturated carbocycles. The number of carbonyl (C=O) groups is 1. The first kappa shape index (κ1) is 17.3. The molecule has 0 atom stereocenters. The molecule has 0 aromatic carbocycles. The largest absolute Gasteiger partial charge is 0.364 e. The summed E-state index contributed by atoms with van der Waals surface area (Å²) >= 11 is 0. The SMILES string of the molecule is CC(C)(C)C(=C(C#N)C(=O)N1CCCCC1)N1CNc2cnccc21.